The molecule has 0 aliphatic carbocycles. The van der Waals surface area contributed by atoms with Gasteiger partial charge in [0.05, 0.1) is 5.39 Å². The number of nitrogens with zero attached hydrogens (tertiary/aromatic N) is 2. The van der Waals surface area contributed by atoms with Crippen molar-refractivity contribution >= 4 is 11.1 Å². The van der Waals surface area contributed by atoms with E-state index < -0.39 is 5.63 Å². The lowest BCUT2D eigenvalue weighted by molar-refractivity contribution is 0.548. The number of hydrogen-bond acceptors (Lipinski definition) is 4. The van der Waals surface area contributed by atoms with Crippen molar-refractivity contribution in [3.8, 4) is 0 Å². The van der Waals surface area contributed by atoms with E-state index >= 15 is 0 Å². The van der Waals surface area contributed by atoms with Crippen LogP contribution >= 0.6 is 0 Å². The van der Waals surface area contributed by atoms with Crippen LogP contribution < -0.4 is 5.63 Å². The summed E-state index contributed by atoms with van der Waals surface area (Å²) in [5.41, 5.74) is -0.0660. The molecule has 11 heavy (non-hydrogen) atoms. The summed E-state index contributed by atoms with van der Waals surface area (Å²) in [6, 6.07) is 2.97. The van der Waals surface area contributed by atoms with Crippen LogP contribution in [0.3, 0.4) is 0 Å². The molecule has 0 amide bonds. The zero-order valence-corrected chi connectivity index (χ0v) is 5.52. The normalized spacial score (nSPS) is 10.2. The fourth-order valence-electron chi connectivity index (χ4n) is 0.816. The Bertz CT molecular complexity index is 435. The summed E-state index contributed by atoms with van der Waals surface area (Å²) in [5.74, 6) is 0. The highest BCUT2D eigenvalue weighted by Crippen LogP contribution is 2.03. The SMILES string of the molecule is O=c1ccc2cncnc2o1. The van der Waals surface area contributed by atoms with Gasteiger partial charge < -0.3 is 4.42 Å². The van der Waals surface area contributed by atoms with Crippen LogP contribution in [0.2, 0.25) is 0 Å². The molecule has 2 rings (SSSR count). The Balaban J connectivity index is 2.94. The molecule has 4 nitrogen and oxygen atoms in total. The Hall–Kier alpha value is -1.71. The van der Waals surface area contributed by atoms with Crippen LogP contribution in [0.5, 0.6) is 0 Å². The lowest BCUT2D eigenvalue weighted by Gasteiger charge is -1.89. The first kappa shape index (κ1) is 6.03. The number of rotatable bonds is 0. The highest BCUT2D eigenvalue weighted by molar-refractivity contribution is 5.70. The van der Waals surface area contributed by atoms with Crippen molar-refractivity contribution in [3.05, 3.63) is 35.1 Å². The average Bonchev–Trinajstić information content (AvgIpc) is 2.04. The minimum Gasteiger partial charge on any atom is -0.404 e. The molecular weight excluding hydrogens is 144 g/mol. The van der Waals surface area contributed by atoms with Crippen LogP contribution in [-0.4, -0.2) is 9.97 Å². The molecule has 0 aliphatic heterocycles. The molecule has 0 saturated heterocycles. The van der Waals surface area contributed by atoms with Gasteiger partial charge >= 0.3 is 5.63 Å². The van der Waals surface area contributed by atoms with E-state index in [4.69, 9.17) is 4.42 Å². The maximum atomic E-state index is 10.7. The number of hydrogen-bond donors (Lipinski definition) is 0. The van der Waals surface area contributed by atoms with E-state index in [9.17, 15) is 4.79 Å². The van der Waals surface area contributed by atoms with Crippen LogP contribution in [0.25, 0.3) is 11.1 Å². The van der Waals surface area contributed by atoms with Crippen LogP contribution in [0.4, 0.5) is 0 Å². The number of fused-ring (bicyclic) bond motifs is 1. The fraction of sp³-hybridized carbons (Fsp3) is 0. The average molecular weight is 148 g/mol. The molecular formula is C7H4N2O2. The summed E-state index contributed by atoms with van der Waals surface area (Å²) in [5, 5.41) is 0.729. The van der Waals surface area contributed by atoms with Crippen molar-refractivity contribution < 1.29 is 4.42 Å². The minimum absolute atomic E-state index is 0.326. The second kappa shape index (κ2) is 2.16. The molecule has 0 unspecified atom stereocenters. The van der Waals surface area contributed by atoms with E-state index in [0.29, 0.717) is 5.71 Å². The van der Waals surface area contributed by atoms with Crippen LogP contribution in [0.15, 0.2) is 33.9 Å². The topological polar surface area (TPSA) is 56.0 Å². The van der Waals surface area contributed by atoms with Gasteiger partial charge in [-0.15, -0.1) is 0 Å². The molecule has 0 fully saturated rings. The van der Waals surface area contributed by atoms with Gasteiger partial charge in [0, 0.05) is 12.3 Å². The van der Waals surface area contributed by atoms with Gasteiger partial charge in [0.2, 0.25) is 5.71 Å². The predicted molar refractivity (Wildman–Crippen MR) is 38.1 cm³/mol. The fourth-order valence-corrected chi connectivity index (χ4v) is 0.816. The molecule has 54 valence electrons. The van der Waals surface area contributed by atoms with Crippen molar-refractivity contribution in [1.29, 1.82) is 0 Å². The molecule has 0 aliphatic rings. The molecule has 0 aromatic carbocycles. The minimum atomic E-state index is -0.392. The molecule has 4 heteroatoms. The molecule has 2 aromatic rings. The summed E-state index contributed by atoms with van der Waals surface area (Å²) >= 11 is 0. The van der Waals surface area contributed by atoms with Gasteiger partial charge in [-0.05, 0) is 6.07 Å². The van der Waals surface area contributed by atoms with Crippen molar-refractivity contribution in [2.75, 3.05) is 0 Å². The summed E-state index contributed by atoms with van der Waals surface area (Å²) < 4.78 is 4.75. The molecule has 0 saturated carbocycles. The molecule has 0 radical (unpaired) electrons. The maximum Gasteiger partial charge on any atom is 0.337 e. The molecule has 0 N–H and O–H groups in total. The van der Waals surface area contributed by atoms with Crippen LogP contribution in [0, 0.1) is 0 Å². The summed E-state index contributed by atoms with van der Waals surface area (Å²) in [7, 11) is 0. The third-order valence-corrected chi connectivity index (χ3v) is 1.30. The largest absolute Gasteiger partial charge is 0.404 e. The smallest absolute Gasteiger partial charge is 0.337 e. The monoisotopic (exact) mass is 148 g/mol. The standard InChI is InChI=1S/C7H4N2O2/c10-6-2-1-5-3-8-4-9-7(5)11-6/h1-4H. The van der Waals surface area contributed by atoms with Crippen LogP contribution in [0.1, 0.15) is 0 Å². The van der Waals surface area contributed by atoms with Gasteiger partial charge in [0.1, 0.15) is 6.33 Å². The number of aromatic nitrogens is 2. The summed E-state index contributed by atoms with van der Waals surface area (Å²) in [6.07, 6.45) is 2.93. The second-order valence-electron chi connectivity index (χ2n) is 2.04. The van der Waals surface area contributed by atoms with Gasteiger partial charge in [-0.25, -0.2) is 14.8 Å². The van der Waals surface area contributed by atoms with Crippen LogP contribution in [-0.2, 0) is 0 Å². The zero-order chi connectivity index (χ0) is 7.68. The highest BCUT2D eigenvalue weighted by atomic mass is 16.4. The Morgan fingerprint density at radius 1 is 1.36 bits per heavy atom. The Labute approximate surface area is 61.5 Å². The van der Waals surface area contributed by atoms with E-state index in [1.54, 1.807) is 12.3 Å². The third kappa shape index (κ3) is 0.980. The molecule has 0 bridgehead atoms. The first-order valence-corrected chi connectivity index (χ1v) is 3.06. The van der Waals surface area contributed by atoms with Gasteiger partial charge in [-0.2, -0.15) is 0 Å². The summed E-state index contributed by atoms with van der Waals surface area (Å²) in [4.78, 5) is 18.2. The molecule has 0 atom stereocenters. The lowest BCUT2D eigenvalue weighted by Crippen LogP contribution is -1.95. The summed E-state index contributed by atoms with van der Waals surface area (Å²) in [6.45, 7) is 0. The van der Waals surface area contributed by atoms with E-state index in [-0.39, 0.29) is 0 Å². The van der Waals surface area contributed by atoms with Crippen molar-refractivity contribution in [2.45, 2.75) is 0 Å². The van der Waals surface area contributed by atoms with Crippen molar-refractivity contribution in [1.82, 2.24) is 9.97 Å². The third-order valence-electron chi connectivity index (χ3n) is 1.30. The van der Waals surface area contributed by atoms with E-state index in [1.807, 2.05) is 0 Å². The van der Waals surface area contributed by atoms with Gasteiger partial charge in [0.25, 0.3) is 0 Å². The van der Waals surface area contributed by atoms with Gasteiger partial charge in [0.15, 0.2) is 0 Å². The zero-order valence-electron chi connectivity index (χ0n) is 5.52. The quantitative estimate of drug-likeness (QED) is 0.548. The van der Waals surface area contributed by atoms with Gasteiger partial charge in [-0.1, -0.05) is 0 Å². The Morgan fingerprint density at radius 2 is 2.27 bits per heavy atom. The molecule has 2 heterocycles. The maximum absolute atomic E-state index is 10.7. The Morgan fingerprint density at radius 3 is 3.18 bits per heavy atom. The van der Waals surface area contributed by atoms with Crippen molar-refractivity contribution in [2.24, 2.45) is 0 Å². The van der Waals surface area contributed by atoms with E-state index in [2.05, 4.69) is 9.97 Å². The molecule has 0 spiro atoms. The highest BCUT2D eigenvalue weighted by Gasteiger charge is 1.94. The Kier molecular flexibility index (Phi) is 1.18. The lowest BCUT2D eigenvalue weighted by atomic mass is 10.4. The predicted octanol–water partition coefficient (Wildman–Crippen LogP) is 0.583. The first-order chi connectivity index (χ1) is 5.36. The first-order valence-electron chi connectivity index (χ1n) is 3.06. The van der Waals surface area contributed by atoms with Gasteiger partial charge in [-0.3, -0.25) is 0 Å². The van der Waals surface area contributed by atoms with Crippen molar-refractivity contribution in [3.63, 3.8) is 0 Å². The second-order valence-corrected chi connectivity index (χ2v) is 2.04. The van der Waals surface area contributed by atoms with E-state index in [0.717, 1.165) is 5.39 Å². The van der Waals surface area contributed by atoms with E-state index in [1.165, 1.54) is 12.4 Å². The molecule has 2 aromatic heterocycles.